The van der Waals surface area contributed by atoms with Crippen LogP contribution in [0.2, 0.25) is 0 Å². The van der Waals surface area contributed by atoms with Gasteiger partial charge in [0.1, 0.15) is 0 Å². The zero-order valence-corrected chi connectivity index (χ0v) is 13.0. The molecule has 1 aromatic rings. The van der Waals surface area contributed by atoms with Gasteiger partial charge in [0.25, 0.3) is 0 Å². The van der Waals surface area contributed by atoms with E-state index in [9.17, 15) is 0 Å². The fourth-order valence-corrected chi connectivity index (χ4v) is 2.86. The van der Waals surface area contributed by atoms with E-state index in [2.05, 4.69) is 37.7 Å². The topological polar surface area (TPSA) is 29.9 Å². The minimum absolute atomic E-state index is 0.429. The van der Waals surface area contributed by atoms with Crippen LogP contribution in [0.5, 0.6) is 0 Å². The van der Waals surface area contributed by atoms with Gasteiger partial charge in [0, 0.05) is 23.8 Å². The van der Waals surface area contributed by atoms with Crippen molar-refractivity contribution < 1.29 is 0 Å². The van der Waals surface area contributed by atoms with Gasteiger partial charge in [-0.2, -0.15) is 5.10 Å². The Balaban J connectivity index is 2.24. The van der Waals surface area contributed by atoms with E-state index in [1.165, 1.54) is 36.2 Å². The summed E-state index contributed by atoms with van der Waals surface area (Å²) >= 11 is 0. The van der Waals surface area contributed by atoms with Crippen LogP contribution in [-0.4, -0.2) is 16.3 Å². The van der Waals surface area contributed by atoms with E-state index in [0.717, 1.165) is 31.8 Å². The highest BCUT2D eigenvalue weighted by Gasteiger charge is 2.26. The van der Waals surface area contributed by atoms with Crippen molar-refractivity contribution >= 4 is 0 Å². The summed E-state index contributed by atoms with van der Waals surface area (Å²) in [5.41, 5.74) is 4.23. The lowest BCUT2D eigenvalue weighted by Crippen LogP contribution is -2.21. The molecule has 1 saturated carbocycles. The average Bonchev–Trinajstić information content (AvgIpc) is 3.15. The monoisotopic (exact) mass is 263 g/mol. The molecule has 108 valence electrons. The van der Waals surface area contributed by atoms with E-state index in [0.29, 0.717) is 6.04 Å². The Bertz CT molecular complexity index is 404. The van der Waals surface area contributed by atoms with Gasteiger partial charge in [0.05, 0.1) is 5.69 Å². The lowest BCUT2D eigenvalue weighted by atomic mass is 10.0. The molecule has 0 aromatic carbocycles. The lowest BCUT2D eigenvalue weighted by molar-refractivity contribution is 0.530. The van der Waals surface area contributed by atoms with E-state index in [1.54, 1.807) is 0 Å². The first kappa shape index (κ1) is 14.6. The first-order valence-corrected chi connectivity index (χ1v) is 8.02. The molecule has 1 aliphatic carbocycles. The minimum atomic E-state index is 0.429. The van der Waals surface area contributed by atoms with Gasteiger partial charge in [-0.15, -0.1) is 0 Å². The van der Waals surface area contributed by atoms with Crippen molar-refractivity contribution in [3.63, 3.8) is 0 Å². The molecular weight excluding hydrogens is 234 g/mol. The van der Waals surface area contributed by atoms with Gasteiger partial charge < -0.3 is 5.32 Å². The third kappa shape index (κ3) is 3.38. The van der Waals surface area contributed by atoms with Crippen LogP contribution in [-0.2, 0) is 19.4 Å². The van der Waals surface area contributed by atoms with Gasteiger partial charge >= 0.3 is 0 Å². The van der Waals surface area contributed by atoms with Crippen LogP contribution in [0.15, 0.2) is 0 Å². The summed E-state index contributed by atoms with van der Waals surface area (Å²) < 4.78 is 2.30. The van der Waals surface area contributed by atoms with Crippen molar-refractivity contribution in [3.05, 3.63) is 17.0 Å². The highest BCUT2D eigenvalue weighted by molar-refractivity contribution is 5.30. The predicted octanol–water partition coefficient (Wildman–Crippen LogP) is 3.48. The predicted molar refractivity (Wildman–Crippen MR) is 80.4 cm³/mol. The highest BCUT2D eigenvalue weighted by Crippen LogP contribution is 2.32. The lowest BCUT2D eigenvalue weighted by Gasteiger charge is -2.16. The fraction of sp³-hybridized carbons (Fsp3) is 0.812. The maximum atomic E-state index is 4.89. The molecule has 1 aliphatic rings. The number of hydrogen-bond acceptors (Lipinski definition) is 2. The van der Waals surface area contributed by atoms with E-state index >= 15 is 0 Å². The molecular formula is C16H29N3. The van der Waals surface area contributed by atoms with Crippen LogP contribution in [0.1, 0.15) is 70.0 Å². The third-order valence-electron chi connectivity index (χ3n) is 4.11. The number of nitrogens with one attached hydrogen (secondary N) is 1. The van der Waals surface area contributed by atoms with E-state index in [1.807, 2.05) is 0 Å². The Kier molecular flexibility index (Phi) is 5.03. The number of aromatic nitrogens is 2. The van der Waals surface area contributed by atoms with Gasteiger partial charge in [-0.3, -0.25) is 4.68 Å². The second-order valence-electron chi connectivity index (χ2n) is 5.82. The molecule has 0 saturated heterocycles. The zero-order chi connectivity index (χ0) is 13.8. The van der Waals surface area contributed by atoms with Gasteiger partial charge in [0.2, 0.25) is 0 Å². The van der Waals surface area contributed by atoms with Gasteiger partial charge in [-0.25, -0.2) is 0 Å². The van der Waals surface area contributed by atoms with E-state index in [-0.39, 0.29) is 0 Å². The Labute approximate surface area is 117 Å². The van der Waals surface area contributed by atoms with Crippen molar-refractivity contribution in [3.8, 4) is 0 Å². The third-order valence-corrected chi connectivity index (χ3v) is 4.11. The van der Waals surface area contributed by atoms with Gasteiger partial charge in [0.15, 0.2) is 0 Å². The standard InChI is InChI=1S/C16H29N3/c1-5-10-17-12(4)16-14(6-2)18-19(15(16)7-3)11-13-8-9-13/h12-13,17H,5-11H2,1-4H3. The molecule has 1 N–H and O–H groups in total. The number of hydrogen-bond donors (Lipinski definition) is 1. The average molecular weight is 263 g/mol. The second kappa shape index (κ2) is 6.56. The summed E-state index contributed by atoms with van der Waals surface area (Å²) in [5, 5.41) is 8.51. The Hall–Kier alpha value is -0.830. The smallest absolute Gasteiger partial charge is 0.0672 e. The van der Waals surface area contributed by atoms with Crippen molar-refractivity contribution in [2.75, 3.05) is 6.54 Å². The van der Waals surface area contributed by atoms with Crippen LogP contribution in [0.4, 0.5) is 0 Å². The Morgan fingerprint density at radius 2 is 2.00 bits per heavy atom. The fourth-order valence-electron chi connectivity index (χ4n) is 2.86. The maximum Gasteiger partial charge on any atom is 0.0672 e. The van der Waals surface area contributed by atoms with Crippen molar-refractivity contribution in [1.82, 2.24) is 15.1 Å². The molecule has 1 fully saturated rings. The van der Waals surface area contributed by atoms with Crippen LogP contribution in [0, 0.1) is 5.92 Å². The molecule has 0 spiro atoms. The van der Waals surface area contributed by atoms with Gasteiger partial charge in [-0.05, 0) is 51.5 Å². The Morgan fingerprint density at radius 3 is 2.53 bits per heavy atom. The summed E-state index contributed by atoms with van der Waals surface area (Å²) in [5.74, 6) is 0.890. The molecule has 0 bridgehead atoms. The van der Waals surface area contributed by atoms with Crippen molar-refractivity contribution in [2.45, 2.75) is 72.4 Å². The molecule has 3 heteroatoms. The van der Waals surface area contributed by atoms with Crippen LogP contribution >= 0.6 is 0 Å². The maximum absolute atomic E-state index is 4.89. The van der Waals surface area contributed by atoms with Crippen LogP contribution in [0.3, 0.4) is 0 Å². The SMILES string of the molecule is CCCNC(C)c1c(CC)nn(CC2CC2)c1CC. The molecule has 3 nitrogen and oxygen atoms in total. The van der Waals surface area contributed by atoms with Crippen LogP contribution < -0.4 is 5.32 Å². The summed E-state index contributed by atoms with van der Waals surface area (Å²) in [6.45, 7) is 11.2. The Morgan fingerprint density at radius 1 is 1.26 bits per heavy atom. The molecule has 0 amide bonds. The molecule has 19 heavy (non-hydrogen) atoms. The summed E-state index contributed by atoms with van der Waals surface area (Å²) in [6, 6.07) is 0.429. The largest absolute Gasteiger partial charge is 0.310 e. The van der Waals surface area contributed by atoms with Crippen molar-refractivity contribution in [2.24, 2.45) is 5.92 Å². The molecule has 1 heterocycles. The highest BCUT2D eigenvalue weighted by atomic mass is 15.3. The molecule has 1 atom stereocenters. The first-order valence-electron chi connectivity index (χ1n) is 8.02. The van der Waals surface area contributed by atoms with Crippen LogP contribution in [0.25, 0.3) is 0 Å². The normalized spacial score (nSPS) is 16.8. The number of rotatable bonds is 8. The second-order valence-corrected chi connectivity index (χ2v) is 5.82. The van der Waals surface area contributed by atoms with E-state index in [4.69, 9.17) is 5.10 Å². The van der Waals surface area contributed by atoms with Gasteiger partial charge in [-0.1, -0.05) is 20.8 Å². The summed E-state index contributed by atoms with van der Waals surface area (Å²) in [4.78, 5) is 0. The van der Waals surface area contributed by atoms with Crippen molar-refractivity contribution in [1.29, 1.82) is 0 Å². The number of aryl methyl sites for hydroxylation is 1. The molecule has 2 rings (SSSR count). The first-order chi connectivity index (χ1) is 9.21. The molecule has 0 radical (unpaired) electrons. The minimum Gasteiger partial charge on any atom is -0.310 e. The number of nitrogens with zero attached hydrogens (tertiary/aromatic N) is 2. The zero-order valence-electron chi connectivity index (χ0n) is 13.0. The van der Waals surface area contributed by atoms with E-state index < -0.39 is 0 Å². The quantitative estimate of drug-likeness (QED) is 0.778. The molecule has 1 unspecified atom stereocenters. The summed E-state index contributed by atoms with van der Waals surface area (Å²) in [7, 11) is 0. The summed E-state index contributed by atoms with van der Waals surface area (Å²) in [6.07, 6.45) is 6.10. The molecule has 1 aromatic heterocycles. The molecule has 0 aliphatic heterocycles.